The van der Waals surface area contributed by atoms with Gasteiger partial charge in [-0.1, -0.05) is 30.3 Å². The lowest BCUT2D eigenvalue weighted by molar-refractivity contribution is -0.250. The molecular formula is C21H30N2O5. The van der Waals surface area contributed by atoms with Gasteiger partial charge < -0.3 is 29.5 Å². The Balaban J connectivity index is 1.81. The second kappa shape index (κ2) is 9.05. The third-order valence-corrected chi connectivity index (χ3v) is 4.61. The molecule has 0 aromatic heterocycles. The van der Waals surface area contributed by atoms with Gasteiger partial charge in [0.05, 0.1) is 25.5 Å². The van der Waals surface area contributed by atoms with Gasteiger partial charge in [0.1, 0.15) is 6.10 Å². The Hall–Kier alpha value is -1.93. The number of morpholine rings is 1. The molecular weight excluding hydrogens is 360 g/mol. The fourth-order valence-electron chi connectivity index (χ4n) is 3.11. The van der Waals surface area contributed by atoms with E-state index in [9.17, 15) is 9.90 Å². The minimum Gasteiger partial charge on any atom is -0.387 e. The number of aliphatic hydroxyl groups is 1. The lowest BCUT2D eigenvalue weighted by Gasteiger charge is -2.37. The molecule has 7 heteroatoms. The highest BCUT2D eigenvalue weighted by molar-refractivity contribution is 5.98. The molecule has 0 radical (unpaired) electrons. The lowest BCUT2D eigenvalue weighted by atomic mass is 10.0. The maximum Gasteiger partial charge on any atom is 0.211 e. The van der Waals surface area contributed by atoms with Crippen LogP contribution < -0.4 is 5.32 Å². The number of rotatable bonds is 5. The normalized spacial score (nSPS) is 26.8. The number of Topliss-reactive ketones (excluding diaryl/α,β-unsaturated/α-hetero) is 1. The third-order valence-electron chi connectivity index (χ3n) is 4.61. The van der Waals surface area contributed by atoms with Crippen LogP contribution >= 0.6 is 0 Å². The zero-order valence-corrected chi connectivity index (χ0v) is 16.8. The van der Waals surface area contributed by atoms with Crippen LogP contribution in [0.1, 0.15) is 32.6 Å². The predicted molar refractivity (Wildman–Crippen MR) is 104 cm³/mol. The summed E-state index contributed by atoms with van der Waals surface area (Å²) in [6, 6.07) is 9.43. The summed E-state index contributed by atoms with van der Waals surface area (Å²) < 4.78 is 16.9. The predicted octanol–water partition coefficient (Wildman–Crippen LogP) is 1.59. The maximum absolute atomic E-state index is 13.4. The molecule has 2 heterocycles. The summed E-state index contributed by atoms with van der Waals surface area (Å²) in [6.45, 7) is 8.46. The second-order valence-electron chi connectivity index (χ2n) is 8.09. The molecule has 1 aromatic carbocycles. The van der Waals surface area contributed by atoms with Crippen molar-refractivity contribution in [2.75, 3.05) is 32.9 Å². The molecule has 2 fully saturated rings. The van der Waals surface area contributed by atoms with Crippen molar-refractivity contribution >= 4 is 5.78 Å². The van der Waals surface area contributed by atoms with Crippen molar-refractivity contribution in [3.8, 4) is 0 Å². The van der Waals surface area contributed by atoms with Crippen LogP contribution in [0.5, 0.6) is 0 Å². The molecule has 1 aromatic rings. The van der Waals surface area contributed by atoms with Gasteiger partial charge >= 0.3 is 0 Å². The zero-order chi connectivity index (χ0) is 20.1. The average molecular weight is 390 g/mol. The highest BCUT2D eigenvalue weighted by atomic mass is 16.7. The molecule has 3 rings (SSSR count). The summed E-state index contributed by atoms with van der Waals surface area (Å²) in [7, 11) is 0. The first-order valence-electron chi connectivity index (χ1n) is 9.70. The smallest absolute Gasteiger partial charge is 0.211 e. The Morgan fingerprint density at radius 2 is 1.89 bits per heavy atom. The van der Waals surface area contributed by atoms with E-state index in [1.807, 2.05) is 56.0 Å². The Morgan fingerprint density at radius 1 is 1.21 bits per heavy atom. The SMILES string of the molecule is CC(C)(C)N/C=C(/C(=O)[C@@H]1O[C@H](c2ccccc2)OC[C@H]1O)N1CCOCC1. The first-order chi connectivity index (χ1) is 13.3. The van der Waals surface area contributed by atoms with E-state index in [-0.39, 0.29) is 17.9 Å². The van der Waals surface area contributed by atoms with Gasteiger partial charge in [0, 0.05) is 30.4 Å². The Labute approximate surface area is 166 Å². The molecule has 2 aliphatic heterocycles. The van der Waals surface area contributed by atoms with Crippen LogP contribution in [0.15, 0.2) is 42.2 Å². The first-order valence-corrected chi connectivity index (χ1v) is 9.70. The maximum atomic E-state index is 13.4. The molecule has 2 aliphatic rings. The van der Waals surface area contributed by atoms with E-state index in [4.69, 9.17) is 14.2 Å². The van der Waals surface area contributed by atoms with E-state index in [1.54, 1.807) is 6.20 Å². The molecule has 0 spiro atoms. The van der Waals surface area contributed by atoms with E-state index >= 15 is 0 Å². The van der Waals surface area contributed by atoms with Crippen molar-refractivity contribution in [1.82, 2.24) is 10.2 Å². The number of ether oxygens (including phenoxy) is 3. The van der Waals surface area contributed by atoms with Crippen LogP contribution in [-0.4, -0.2) is 66.4 Å². The quantitative estimate of drug-likeness (QED) is 0.739. The summed E-state index contributed by atoms with van der Waals surface area (Å²) in [5, 5.41) is 13.7. The van der Waals surface area contributed by atoms with Gasteiger partial charge in [-0.05, 0) is 20.8 Å². The van der Waals surface area contributed by atoms with Crippen LogP contribution in [0.4, 0.5) is 0 Å². The summed E-state index contributed by atoms with van der Waals surface area (Å²) in [6.07, 6.45) is -0.960. The van der Waals surface area contributed by atoms with Crippen LogP contribution in [0.25, 0.3) is 0 Å². The van der Waals surface area contributed by atoms with E-state index < -0.39 is 18.5 Å². The second-order valence-corrected chi connectivity index (χ2v) is 8.09. The molecule has 0 unspecified atom stereocenters. The molecule has 154 valence electrons. The molecule has 2 saturated heterocycles. The van der Waals surface area contributed by atoms with Crippen molar-refractivity contribution in [2.24, 2.45) is 0 Å². The average Bonchev–Trinajstić information content (AvgIpc) is 2.69. The van der Waals surface area contributed by atoms with Gasteiger partial charge in [0.2, 0.25) is 5.78 Å². The van der Waals surface area contributed by atoms with E-state index in [1.165, 1.54) is 0 Å². The van der Waals surface area contributed by atoms with Gasteiger partial charge in [-0.2, -0.15) is 0 Å². The molecule has 0 aliphatic carbocycles. The molecule has 28 heavy (non-hydrogen) atoms. The number of carbonyl (C=O) groups excluding carboxylic acids is 1. The molecule has 0 bridgehead atoms. The van der Waals surface area contributed by atoms with Gasteiger partial charge in [-0.15, -0.1) is 0 Å². The molecule has 2 N–H and O–H groups in total. The first kappa shape index (κ1) is 20.8. The molecule has 0 saturated carbocycles. The van der Waals surface area contributed by atoms with Crippen molar-refractivity contribution in [2.45, 2.75) is 44.8 Å². The van der Waals surface area contributed by atoms with Gasteiger partial charge in [0.25, 0.3) is 0 Å². The topological polar surface area (TPSA) is 80.3 Å². The number of carbonyl (C=O) groups is 1. The number of aliphatic hydroxyl groups excluding tert-OH is 1. The van der Waals surface area contributed by atoms with Gasteiger partial charge in [0.15, 0.2) is 12.4 Å². The monoisotopic (exact) mass is 390 g/mol. The fraction of sp³-hybridized carbons (Fsp3) is 0.571. The zero-order valence-electron chi connectivity index (χ0n) is 16.8. The van der Waals surface area contributed by atoms with Crippen LogP contribution in [0.2, 0.25) is 0 Å². The standard InChI is InChI=1S/C21H30N2O5/c1-21(2,3)22-13-16(23-9-11-26-12-10-23)18(25)19-17(24)14-27-20(28-19)15-7-5-4-6-8-15/h4-8,13,17,19-20,22,24H,9-12,14H2,1-3H3/b16-13-/t17-,19-,20-/m1/s1. The highest BCUT2D eigenvalue weighted by Crippen LogP contribution is 2.28. The minimum atomic E-state index is -1.02. The number of benzene rings is 1. The highest BCUT2D eigenvalue weighted by Gasteiger charge is 2.39. The summed E-state index contributed by atoms with van der Waals surface area (Å²) >= 11 is 0. The molecule has 0 amide bonds. The van der Waals surface area contributed by atoms with Crippen LogP contribution in [0, 0.1) is 0 Å². The Kier molecular flexibility index (Phi) is 6.72. The number of hydrogen-bond donors (Lipinski definition) is 2. The van der Waals surface area contributed by atoms with Crippen molar-refractivity contribution in [1.29, 1.82) is 0 Å². The van der Waals surface area contributed by atoms with Gasteiger partial charge in [-0.25, -0.2) is 0 Å². The Bertz CT molecular complexity index is 680. The van der Waals surface area contributed by atoms with E-state index in [2.05, 4.69) is 5.32 Å². The van der Waals surface area contributed by atoms with Crippen molar-refractivity contribution < 1.29 is 24.1 Å². The van der Waals surface area contributed by atoms with E-state index in [0.717, 1.165) is 5.56 Å². The summed E-state index contributed by atoms with van der Waals surface area (Å²) in [5.74, 6) is -0.254. The summed E-state index contributed by atoms with van der Waals surface area (Å²) in [5.41, 5.74) is 1.12. The number of nitrogens with zero attached hydrogens (tertiary/aromatic N) is 1. The fourth-order valence-corrected chi connectivity index (χ4v) is 3.11. The van der Waals surface area contributed by atoms with Gasteiger partial charge in [-0.3, -0.25) is 4.79 Å². The van der Waals surface area contributed by atoms with E-state index in [0.29, 0.717) is 32.0 Å². The largest absolute Gasteiger partial charge is 0.387 e. The number of ketones is 1. The van der Waals surface area contributed by atoms with Crippen LogP contribution in [-0.2, 0) is 19.0 Å². The third kappa shape index (κ3) is 5.32. The molecule has 7 nitrogen and oxygen atoms in total. The molecule has 3 atom stereocenters. The van der Waals surface area contributed by atoms with Crippen molar-refractivity contribution in [3.63, 3.8) is 0 Å². The Morgan fingerprint density at radius 3 is 2.54 bits per heavy atom. The van der Waals surface area contributed by atoms with Crippen LogP contribution in [0.3, 0.4) is 0 Å². The lowest BCUT2D eigenvalue weighted by Crippen LogP contribution is -2.49. The summed E-state index contributed by atoms with van der Waals surface area (Å²) in [4.78, 5) is 15.4. The number of hydrogen-bond acceptors (Lipinski definition) is 7. The minimum absolute atomic E-state index is 0.0407. The number of nitrogens with one attached hydrogen (secondary N) is 1. The van der Waals surface area contributed by atoms with Crippen molar-refractivity contribution in [3.05, 3.63) is 47.8 Å².